The highest BCUT2D eigenvalue weighted by molar-refractivity contribution is 7.80. The van der Waals surface area contributed by atoms with Gasteiger partial charge >= 0.3 is 17.2 Å². The number of para-hydroxylation sites is 5. The highest BCUT2D eigenvalue weighted by Gasteiger charge is 2.30. The van der Waals surface area contributed by atoms with E-state index in [-0.39, 0.29) is 0 Å². The Hall–Kier alpha value is -5.37. The first-order valence-electron chi connectivity index (χ1n) is 19.2. The van der Waals surface area contributed by atoms with Gasteiger partial charge < -0.3 is 27.1 Å². The van der Waals surface area contributed by atoms with Crippen molar-refractivity contribution in [3.63, 3.8) is 0 Å². The van der Waals surface area contributed by atoms with E-state index in [1.54, 1.807) is 6.08 Å². The third-order valence-corrected chi connectivity index (χ3v) is 13.2. The quantitative estimate of drug-likeness (QED) is 0.0519. The Morgan fingerprint density at radius 2 is 0.845 bits per heavy atom. The first kappa shape index (κ1) is 43.7. The van der Waals surface area contributed by atoms with Crippen molar-refractivity contribution in [2.75, 3.05) is 0 Å². The SMILES string of the molecule is C=C/C=C(C)\C(=C/C)OP(Oc1ccccc1C)Oc1ccccc1P(c1ccccc1)c1ccccc1OP(Oc1ccccc1C)Oc1ccccc1C.CC. The molecule has 0 fully saturated rings. The molecule has 0 N–H and O–H groups in total. The van der Waals surface area contributed by atoms with Crippen molar-refractivity contribution in [3.8, 4) is 28.7 Å². The van der Waals surface area contributed by atoms with E-state index in [0.717, 1.165) is 38.2 Å². The first-order valence-corrected chi connectivity index (χ1v) is 22.7. The highest BCUT2D eigenvalue weighted by atomic mass is 31.2. The molecule has 298 valence electrons. The van der Waals surface area contributed by atoms with Gasteiger partial charge in [-0.1, -0.05) is 154 Å². The molecule has 6 rings (SSSR count). The van der Waals surface area contributed by atoms with E-state index in [1.807, 2.05) is 176 Å². The van der Waals surface area contributed by atoms with Crippen LogP contribution in [-0.2, 0) is 4.52 Å². The van der Waals surface area contributed by atoms with Gasteiger partial charge in [-0.25, -0.2) is 0 Å². The van der Waals surface area contributed by atoms with Gasteiger partial charge in [-0.15, -0.1) is 0 Å². The predicted molar refractivity (Wildman–Crippen MR) is 246 cm³/mol. The van der Waals surface area contributed by atoms with Crippen LogP contribution >= 0.6 is 25.1 Å². The van der Waals surface area contributed by atoms with Crippen LogP contribution in [0.3, 0.4) is 0 Å². The van der Waals surface area contributed by atoms with Crippen molar-refractivity contribution in [2.24, 2.45) is 0 Å². The van der Waals surface area contributed by atoms with Crippen molar-refractivity contribution in [3.05, 3.63) is 204 Å². The molecule has 6 aromatic rings. The van der Waals surface area contributed by atoms with Gasteiger partial charge in [0.15, 0.2) is 0 Å². The molecule has 0 bridgehead atoms. The molecule has 0 aromatic heterocycles. The van der Waals surface area contributed by atoms with E-state index in [9.17, 15) is 0 Å². The van der Waals surface area contributed by atoms with Crippen LogP contribution in [0.25, 0.3) is 0 Å². The second-order valence-electron chi connectivity index (χ2n) is 12.6. The summed E-state index contributed by atoms with van der Waals surface area (Å²) in [5, 5.41) is 3.02. The monoisotopic (exact) mass is 828 g/mol. The zero-order chi connectivity index (χ0) is 41.3. The summed E-state index contributed by atoms with van der Waals surface area (Å²) < 4.78 is 39.9. The Morgan fingerprint density at radius 1 is 0.483 bits per heavy atom. The van der Waals surface area contributed by atoms with Crippen molar-refractivity contribution in [2.45, 2.75) is 48.5 Å². The fraction of sp³-hybridized carbons (Fsp3) is 0.143. The lowest BCUT2D eigenvalue weighted by Gasteiger charge is -2.27. The Bertz CT molecular complexity index is 2240. The minimum atomic E-state index is -1.98. The molecule has 0 saturated heterocycles. The normalized spacial score (nSPS) is 12.3. The van der Waals surface area contributed by atoms with Crippen LogP contribution in [0.2, 0.25) is 0 Å². The summed E-state index contributed by atoms with van der Waals surface area (Å²) in [7, 11) is -5.21. The third kappa shape index (κ3) is 11.8. The lowest BCUT2D eigenvalue weighted by molar-refractivity contribution is 0.336. The molecule has 0 spiro atoms. The highest BCUT2D eigenvalue weighted by Crippen LogP contribution is 2.50. The van der Waals surface area contributed by atoms with Crippen LogP contribution in [0.1, 0.15) is 44.4 Å². The molecule has 2 unspecified atom stereocenters. The van der Waals surface area contributed by atoms with Gasteiger partial charge in [-0.05, 0) is 107 Å². The average Bonchev–Trinajstić information content (AvgIpc) is 3.25. The first-order chi connectivity index (χ1) is 28.3. The molecule has 2 atom stereocenters. The Labute approximate surface area is 348 Å². The summed E-state index contributed by atoms with van der Waals surface area (Å²) >= 11 is 0. The largest absolute Gasteiger partial charge is 0.530 e. The number of hydrogen-bond acceptors (Lipinski definition) is 6. The Kier molecular flexibility index (Phi) is 17.0. The lowest BCUT2D eigenvalue weighted by Crippen LogP contribution is -2.23. The van der Waals surface area contributed by atoms with Crippen LogP contribution in [0.4, 0.5) is 0 Å². The molecule has 6 aromatic carbocycles. The van der Waals surface area contributed by atoms with Crippen LogP contribution in [0.15, 0.2) is 188 Å². The Balaban J connectivity index is 0.00000315. The summed E-state index contributed by atoms with van der Waals surface area (Å²) in [4.78, 5) is 0. The van der Waals surface area contributed by atoms with Crippen LogP contribution in [0.5, 0.6) is 28.7 Å². The lowest BCUT2D eigenvalue weighted by atomic mass is 10.2. The molecule has 0 saturated carbocycles. The van der Waals surface area contributed by atoms with Crippen molar-refractivity contribution in [1.29, 1.82) is 0 Å². The molecule has 0 aliphatic rings. The molecule has 58 heavy (non-hydrogen) atoms. The van der Waals surface area contributed by atoms with E-state index in [1.165, 1.54) is 0 Å². The maximum Gasteiger partial charge on any atom is 0.530 e. The van der Waals surface area contributed by atoms with Crippen LogP contribution in [-0.4, -0.2) is 0 Å². The number of hydrogen-bond donors (Lipinski definition) is 0. The van der Waals surface area contributed by atoms with E-state index >= 15 is 0 Å². The molecule has 0 aliphatic heterocycles. The molecular formula is C49H51O6P3. The number of allylic oxidation sites excluding steroid dienone is 4. The fourth-order valence-corrected chi connectivity index (χ4v) is 10.6. The minimum Gasteiger partial charge on any atom is -0.409 e. The van der Waals surface area contributed by atoms with Gasteiger partial charge in [0, 0.05) is 10.6 Å². The molecule has 6 nitrogen and oxygen atoms in total. The molecular weight excluding hydrogens is 777 g/mol. The van der Waals surface area contributed by atoms with E-state index in [4.69, 9.17) is 27.1 Å². The second kappa shape index (κ2) is 22.5. The molecule has 0 radical (unpaired) electrons. The smallest absolute Gasteiger partial charge is 0.409 e. The van der Waals surface area contributed by atoms with Crippen molar-refractivity contribution >= 4 is 41.0 Å². The van der Waals surface area contributed by atoms with Gasteiger partial charge in [0.05, 0.1) is 0 Å². The summed E-state index contributed by atoms with van der Waals surface area (Å²) in [6.45, 7) is 17.8. The summed E-state index contributed by atoms with van der Waals surface area (Å²) in [6, 6.07) is 50.1. The van der Waals surface area contributed by atoms with Gasteiger partial charge in [-0.3, -0.25) is 0 Å². The van der Waals surface area contributed by atoms with Crippen molar-refractivity contribution in [1.82, 2.24) is 0 Å². The number of rotatable bonds is 17. The van der Waals surface area contributed by atoms with Gasteiger partial charge in [0.25, 0.3) is 0 Å². The Morgan fingerprint density at radius 3 is 1.28 bits per heavy atom. The number of benzene rings is 6. The van der Waals surface area contributed by atoms with Gasteiger partial charge in [0.2, 0.25) is 0 Å². The second-order valence-corrected chi connectivity index (χ2v) is 16.8. The minimum absolute atomic E-state index is 0.632. The van der Waals surface area contributed by atoms with Crippen LogP contribution in [0, 0.1) is 20.8 Å². The zero-order valence-corrected chi connectivity index (χ0v) is 36.8. The summed E-state index contributed by atoms with van der Waals surface area (Å²) in [5.74, 6) is 3.97. The molecule has 0 heterocycles. The van der Waals surface area contributed by atoms with Gasteiger partial charge in [-0.2, -0.15) is 0 Å². The molecule has 0 aliphatic carbocycles. The topological polar surface area (TPSA) is 55.4 Å². The van der Waals surface area contributed by atoms with Crippen molar-refractivity contribution < 1.29 is 27.1 Å². The predicted octanol–water partition coefficient (Wildman–Crippen LogP) is 13.9. The van der Waals surface area contributed by atoms with E-state index in [0.29, 0.717) is 34.5 Å². The summed E-state index contributed by atoms with van der Waals surface area (Å²) in [5.41, 5.74) is 3.82. The maximum absolute atomic E-state index is 6.85. The standard InChI is InChI=1S/C47H45O6P3.C2H6/c1-7-22-35(3)40(8-2)48-55(49-41-28-15-12-23-36(41)4)52-44-31-18-20-33-46(44)54(39-26-10-9-11-27-39)47-34-21-19-32-45(47)53-56(50-42-29-16-13-24-37(42)5)51-43-30-17-14-25-38(43)6;1-2/h7-34H,1H2,2-6H3;1-2H3/b35-22-,40-8+;. The zero-order valence-electron chi connectivity index (χ0n) is 34.2. The molecule has 9 heteroatoms. The number of aryl methyl sites for hydroxylation is 3. The van der Waals surface area contributed by atoms with Gasteiger partial charge in [0.1, 0.15) is 34.5 Å². The average molecular weight is 829 g/mol. The third-order valence-electron chi connectivity index (χ3n) is 8.56. The fourth-order valence-electron chi connectivity index (χ4n) is 5.60. The summed E-state index contributed by atoms with van der Waals surface area (Å²) in [6.07, 6.45) is 5.54. The molecule has 0 amide bonds. The van der Waals surface area contributed by atoms with E-state index < -0.39 is 25.1 Å². The van der Waals surface area contributed by atoms with E-state index in [2.05, 4.69) is 43.0 Å². The van der Waals surface area contributed by atoms with Crippen LogP contribution < -0.4 is 38.5 Å². The maximum atomic E-state index is 6.85.